The standard InChI is InChI=1S/C19H26N4O2/c1-14(2)21-19(24)22-12-16-5-6-17(13-22)23(16)9-10-25-18-7-3-15(11-20)4-8-18/h3-4,7-8,14,16-17H,5-6,9-10,12-13H2,1-2H3,(H,21,24). The molecule has 6 nitrogen and oxygen atoms in total. The summed E-state index contributed by atoms with van der Waals surface area (Å²) >= 11 is 0. The monoisotopic (exact) mass is 342 g/mol. The maximum atomic E-state index is 12.2. The minimum absolute atomic E-state index is 0.0559. The van der Waals surface area contributed by atoms with Crippen molar-refractivity contribution in [3.8, 4) is 11.8 Å². The number of nitrogens with one attached hydrogen (secondary N) is 1. The molecule has 2 atom stereocenters. The second kappa shape index (κ2) is 7.75. The molecule has 3 rings (SSSR count). The van der Waals surface area contributed by atoms with Gasteiger partial charge >= 0.3 is 6.03 Å². The van der Waals surface area contributed by atoms with Crippen molar-refractivity contribution in [2.45, 2.75) is 44.8 Å². The third kappa shape index (κ3) is 4.23. The number of piperazine rings is 1. The molecule has 134 valence electrons. The van der Waals surface area contributed by atoms with Gasteiger partial charge in [-0.15, -0.1) is 0 Å². The van der Waals surface area contributed by atoms with E-state index in [4.69, 9.17) is 10.00 Å². The highest BCUT2D eigenvalue weighted by atomic mass is 16.5. The summed E-state index contributed by atoms with van der Waals surface area (Å²) in [6.45, 7) is 7.07. The third-order valence-corrected chi connectivity index (χ3v) is 4.93. The zero-order valence-electron chi connectivity index (χ0n) is 14.9. The predicted molar refractivity (Wildman–Crippen MR) is 95.4 cm³/mol. The number of likely N-dealkylation sites (tertiary alicyclic amines) is 1. The number of rotatable bonds is 5. The first-order valence-electron chi connectivity index (χ1n) is 9.01. The summed E-state index contributed by atoms with van der Waals surface area (Å²) in [4.78, 5) is 16.7. The molecule has 0 spiro atoms. The Morgan fingerprint density at radius 2 is 1.92 bits per heavy atom. The maximum absolute atomic E-state index is 12.2. The molecule has 1 aromatic carbocycles. The van der Waals surface area contributed by atoms with Crippen molar-refractivity contribution in [3.05, 3.63) is 29.8 Å². The second-order valence-electron chi connectivity index (χ2n) is 7.12. The summed E-state index contributed by atoms with van der Waals surface area (Å²) in [5.41, 5.74) is 0.640. The van der Waals surface area contributed by atoms with Gasteiger partial charge in [0.2, 0.25) is 0 Å². The molecule has 6 heteroatoms. The number of fused-ring (bicyclic) bond motifs is 2. The Balaban J connectivity index is 1.48. The number of amides is 2. The SMILES string of the molecule is CC(C)NC(=O)N1CC2CCC(C1)N2CCOc1ccc(C#N)cc1. The molecule has 1 N–H and O–H groups in total. The predicted octanol–water partition coefficient (Wildman–Crippen LogP) is 2.20. The van der Waals surface area contributed by atoms with Crippen LogP contribution in [-0.4, -0.2) is 60.2 Å². The van der Waals surface area contributed by atoms with E-state index in [1.165, 1.54) is 0 Å². The lowest BCUT2D eigenvalue weighted by Gasteiger charge is -2.41. The van der Waals surface area contributed by atoms with E-state index in [0.29, 0.717) is 24.3 Å². The van der Waals surface area contributed by atoms with Gasteiger partial charge in [0.05, 0.1) is 11.6 Å². The van der Waals surface area contributed by atoms with Gasteiger partial charge in [-0.2, -0.15) is 5.26 Å². The molecule has 0 radical (unpaired) electrons. The van der Waals surface area contributed by atoms with Gasteiger partial charge in [0.1, 0.15) is 12.4 Å². The van der Waals surface area contributed by atoms with Crippen LogP contribution in [0.1, 0.15) is 32.3 Å². The number of hydrogen-bond acceptors (Lipinski definition) is 4. The van der Waals surface area contributed by atoms with E-state index in [2.05, 4.69) is 16.3 Å². The molecule has 2 unspecified atom stereocenters. The topological polar surface area (TPSA) is 68.6 Å². The van der Waals surface area contributed by atoms with Crippen LogP contribution < -0.4 is 10.1 Å². The number of nitrogens with zero attached hydrogens (tertiary/aromatic N) is 3. The van der Waals surface area contributed by atoms with E-state index in [9.17, 15) is 4.79 Å². The fourth-order valence-electron chi connectivity index (χ4n) is 3.75. The minimum Gasteiger partial charge on any atom is -0.492 e. The van der Waals surface area contributed by atoms with E-state index in [1.807, 2.05) is 30.9 Å². The number of benzene rings is 1. The van der Waals surface area contributed by atoms with Crippen LogP contribution in [0.25, 0.3) is 0 Å². The number of nitriles is 1. The molecule has 2 amide bonds. The molecule has 0 aliphatic carbocycles. The summed E-state index contributed by atoms with van der Waals surface area (Å²) in [6.07, 6.45) is 2.29. The van der Waals surface area contributed by atoms with Crippen molar-refractivity contribution in [1.82, 2.24) is 15.1 Å². The molecule has 2 fully saturated rings. The van der Waals surface area contributed by atoms with Crippen LogP contribution in [0, 0.1) is 11.3 Å². The van der Waals surface area contributed by atoms with Crippen molar-refractivity contribution in [3.63, 3.8) is 0 Å². The lowest BCUT2D eigenvalue weighted by Crippen LogP contribution is -2.58. The van der Waals surface area contributed by atoms with Gasteiger partial charge in [-0.25, -0.2) is 4.79 Å². The van der Waals surface area contributed by atoms with Crippen LogP contribution in [0.3, 0.4) is 0 Å². The molecule has 2 heterocycles. The lowest BCUT2D eigenvalue weighted by atomic mass is 10.2. The highest BCUT2D eigenvalue weighted by Gasteiger charge is 2.41. The van der Waals surface area contributed by atoms with Gasteiger partial charge in [0, 0.05) is 37.8 Å². The summed E-state index contributed by atoms with van der Waals surface area (Å²) in [6, 6.07) is 10.4. The highest BCUT2D eigenvalue weighted by molar-refractivity contribution is 5.74. The van der Waals surface area contributed by atoms with Crippen molar-refractivity contribution in [1.29, 1.82) is 5.26 Å². The fraction of sp³-hybridized carbons (Fsp3) is 0.579. The molecule has 2 aliphatic rings. The quantitative estimate of drug-likeness (QED) is 0.891. The molecule has 25 heavy (non-hydrogen) atoms. The number of carbonyl (C=O) groups excluding carboxylic acids is 1. The van der Waals surface area contributed by atoms with Crippen LogP contribution >= 0.6 is 0 Å². The normalized spacial score (nSPS) is 22.7. The van der Waals surface area contributed by atoms with Crippen molar-refractivity contribution in [2.24, 2.45) is 0 Å². The Labute approximate surface area is 149 Å². The molecule has 2 saturated heterocycles. The maximum Gasteiger partial charge on any atom is 0.317 e. The summed E-state index contributed by atoms with van der Waals surface area (Å²) in [5.74, 6) is 0.793. The summed E-state index contributed by atoms with van der Waals surface area (Å²) < 4.78 is 5.82. The Hall–Kier alpha value is -2.26. The summed E-state index contributed by atoms with van der Waals surface area (Å²) in [5, 5.41) is 11.8. The average molecular weight is 342 g/mol. The van der Waals surface area contributed by atoms with Crippen molar-refractivity contribution in [2.75, 3.05) is 26.2 Å². The smallest absolute Gasteiger partial charge is 0.317 e. The van der Waals surface area contributed by atoms with Gasteiger partial charge < -0.3 is 15.0 Å². The van der Waals surface area contributed by atoms with Crippen LogP contribution in [0.15, 0.2) is 24.3 Å². The van der Waals surface area contributed by atoms with Gasteiger partial charge in [-0.05, 0) is 51.0 Å². The molecule has 2 bridgehead atoms. The second-order valence-corrected chi connectivity index (χ2v) is 7.12. The first kappa shape index (κ1) is 17.6. The molecular formula is C19H26N4O2. The van der Waals surface area contributed by atoms with Gasteiger partial charge in [-0.1, -0.05) is 0 Å². The highest BCUT2D eigenvalue weighted by Crippen LogP contribution is 2.29. The average Bonchev–Trinajstić information content (AvgIpc) is 2.83. The Bertz CT molecular complexity index is 624. The first-order chi connectivity index (χ1) is 12.1. The zero-order valence-corrected chi connectivity index (χ0v) is 14.9. The number of ether oxygens (including phenoxy) is 1. The number of urea groups is 1. The van der Waals surface area contributed by atoms with E-state index in [0.717, 1.165) is 38.2 Å². The van der Waals surface area contributed by atoms with Gasteiger partial charge in [-0.3, -0.25) is 4.90 Å². The van der Waals surface area contributed by atoms with Gasteiger partial charge in [0.25, 0.3) is 0 Å². The largest absolute Gasteiger partial charge is 0.492 e. The van der Waals surface area contributed by atoms with Crippen molar-refractivity contribution >= 4 is 6.03 Å². The van der Waals surface area contributed by atoms with E-state index < -0.39 is 0 Å². The number of carbonyl (C=O) groups is 1. The molecule has 1 aromatic rings. The Kier molecular flexibility index (Phi) is 5.44. The van der Waals surface area contributed by atoms with Crippen LogP contribution in [0.2, 0.25) is 0 Å². The van der Waals surface area contributed by atoms with Crippen molar-refractivity contribution < 1.29 is 9.53 Å². The molecule has 0 saturated carbocycles. The zero-order chi connectivity index (χ0) is 17.8. The summed E-state index contributed by atoms with van der Waals surface area (Å²) in [7, 11) is 0. The molecule has 2 aliphatic heterocycles. The Morgan fingerprint density at radius 1 is 1.28 bits per heavy atom. The Morgan fingerprint density at radius 3 is 2.48 bits per heavy atom. The number of hydrogen-bond donors (Lipinski definition) is 1. The minimum atomic E-state index is 0.0559. The molecular weight excluding hydrogens is 316 g/mol. The first-order valence-corrected chi connectivity index (χ1v) is 9.01. The van der Waals surface area contributed by atoms with Crippen LogP contribution in [0.5, 0.6) is 5.75 Å². The molecule has 0 aromatic heterocycles. The van der Waals surface area contributed by atoms with E-state index >= 15 is 0 Å². The fourth-order valence-corrected chi connectivity index (χ4v) is 3.75. The van der Waals surface area contributed by atoms with Crippen LogP contribution in [-0.2, 0) is 0 Å². The third-order valence-electron chi connectivity index (χ3n) is 4.93. The lowest BCUT2D eigenvalue weighted by molar-refractivity contribution is 0.0705. The van der Waals surface area contributed by atoms with Gasteiger partial charge in [0.15, 0.2) is 0 Å². The van der Waals surface area contributed by atoms with E-state index in [-0.39, 0.29) is 12.1 Å². The van der Waals surface area contributed by atoms with Crippen LogP contribution in [0.4, 0.5) is 4.79 Å². The van der Waals surface area contributed by atoms with E-state index in [1.54, 1.807) is 12.1 Å².